The summed E-state index contributed by atoms with van der Waals surface area (Å²) < 4.78 is 11.5. The third kappa shape index (κ3) is 6.43. The Bertz CT molecular complexity index is 1110. The number of nitrogens with zero attached hydrogens (tertiary/aromatic N) is 3. The third-order valence-electron chi connectivity index (χ3n) is 7.02. The van der Waals surface area contributed by atoms with Crippen LogP contribution in [0.2, 0.25) is 0 Å². The molecule has 0 aliphatic carbocycles. The van der Waals surface area contributed by atoms with Crippen LogP contribution in [-0.4, -0.2) is 82.7 Å². The van der Waals surface area contributed by atoms with Gasteiger partial charge in [-0.25, -0.2) is 4.79 Å². The molecule has 2 fully saturated rings. The number of likely N-dealkylation sites (tertiary alicyclic amines) is 1. The fourth-order valence-electron chi connectivity index (χ4n) is 4.83. The smallest absolute Gasteiger partial charge is 0.410 e. The van der Waals surface area contributed by atoms with Gasteiger partial charge in [0, 0.05) is 44.9 Å². The highest BCUT2D eigenvalue weighted by atomic mass is 35.5. The maximum absolute atomic E-state index is 13.8. The molecule has 4 rings (SSSR count). The summed E-state index contributed by atoms with van der Waals surface area (Å²) in [5.74, 6) is -0.749. The Morgan fingerprint density at radius 2 is 1.95 bits per heavy atom. The van der Waals surface area contributed by atoms with E-state index in [1.165, 1.54) is 0 Å². The monoisotopic (exact) mass is 545 g/mol. The van der Waals surface area contributed by atoms with E-state index in [-0.39, 0.29) is 37.6 Å². The van der Waals surface area contributed by atoms with Crippen molar-refractivity contribution in [3.8, 4) is 0 Å². The van der Waals surface area contributed by atoms with Gasteiger partial charge in [-0.05, 0) is 31.5 Å². The molecule has 0 spiro atoms. The fraction of sp³-hybridized carbons (Fsp3) is 0.481. The summed E-state index contributed by atoms with van der Waals surface area (Å²) in [6.45, 7) is 4.06. The molecule has 3 N–H and O–H groups in total. The topological polar surface area (TPSA) is 127 Å². The van der Waals surface area contributed by atoms with Crippen LogP contribution in [0.4, 0.5) is 4.79 Å². The lowest BCUT2D eigenvalue weighted by molar-refractivity contribution is -0.143. The van der Waals surface area contributed by atoms with Crippen LogP contribution >= 0.6 is 12.4 Å². The molecule has 3 atom stereocenters. The Morgan fingerprint density at radius 3 is 2.61 bits per heavy atom. The van der Waals surface area contributed by atoms with Crippen molar-refractivity contribution in [2.24, 2.45) is 5.73 Å². The van der Waals surface area contributed by atoms with E-state index in [4.69, 9.17) is 15.2 Å². The second-order valence-corrected chi connectivity index (χ2v) is 10.3. The lowest BCUT2D eigenvalue weighted by atomic mass is 9.81. The standard InChI is InChI=1S/C27H35N5O5.ClH/c1-26(2,28)24(34)30-21(17-36-16-19-9-5-4-6-10-19)23(33)32-14-12-22-27(18-32,31(3)25(35)37-22)15-20-11-7-8-13-29-20;/h4-11,13,21-22H,12,14-18,28H2,1-3H3,(H,30,34);1H/t21-,22?,27?;/m1./s1. The molecule has 2 unspecified atom stereocenters. The van der Waals surface area contributed by atoms with Crippen LogP contribution in [0.3, 0.4) is 0 Å². The van der Waals surface area contributed by atoms with E-state index in [1.54, 1.807) is 36.9 Å². The van der Waals surface area contributed by atoms with Crippen molar-refractivity contribution < 1.29 is 23.9 Å². The van der Waals surface area contributed by atoms with Gasteiger partial charge in [-0.2, -0.15) is 0 Å². The Labute approximate surface area is 229 Å². The molecule has 2 aromatic rings. The largest absolute Gasteiger partial charge is 0.443 e. The predicted octanol–water partition coefficient (Wildman–Crippen LogP) is 1.91. The van der Waals surface area contributed by atoms with E-state index in [0.717, 1.165) is 11.3 Å². The molecule has 206 valence electrons. The first-order valence-electron chi connectivity index (χ1n) is 12.4. The second kappa shape index (κ2) is 12.1. The van der Waals surface area contributed by atoms with E-state index in [0.29, 0.717) is 26.0 Å². The number of likely N-dealkylation sites (N-methyl/N-ethyl adjacent to an activating group) is 1. The first-order chi connectivity index (χ1) is 17.6. The van der Waals surface area contributed by atoms with Gasteiger partial charge in [-0.1, -0.05) is 36.4 Å². The number of hydrogen-bond acceptors (Lipinski definition) is 7. The minimum absolute atomic E-state index is 0. The Hall–Kier alpha value is -3.21. The van der Waals surface area contributed by atoms with Crippen molar-refractivity contribution in [2.75, 3.05) is 26.7 Å². The number of benzene rings is 1. The average Bonchev–Trinajstić information content (AvgIpc) is 3.12. The number of rotatable bonds is 9. The molecule has 1 aromatic carbocycles. The summed E-state index contributed by atoms with van der Waals surface area (Å²) in [5, 5.41) is 2.78. The summed E-state index contributed by atoms with van der Waals surface area (Å²) in [7, 11) is 1.69. The number of ether oxygens (including phenoxy) is 2. The molecular weight excluding hydrogens is 510 g/mol. The van der Waals surface area contributed by atoms with Crippen LogP contribution < -0.4 is 11.1 Å². The van der Waals surface area contributed by atoms with E-state index >= 15 is 0 Å². The summed E-state index contributed by atoms with van der Waals surface area (Å²) in [5.41, 5.74) is 5.80. The van der Waals surface area contributed by atoms with Crippen molar-refractivity contribution >= 4 is 30.3 Å². The maximum atomic E-state index is 13.8. The van der Waals surface area contributed by atoms with Crippen molar-refractivity contribution in [1.29, 1.82) is 0 Å². The second-order valence-electron chi connectivity index (χ2n) is 10.3. The highest BCUT2D eigenvalue weighted by molar-refractivity contribution is 5.91. The van der Waals surface area contributed by atoms with Crippen LogP contribution in [0.15, 0.2) is 54.7 Å². The predicted molar refractivity (Wildman–Crippen MR) is 143 cm³/mol. The number of carbonyl (C=O) groups is 3. The molecule has 0 saturated carbocycles. The van der Waals surface area contributed by atoms with Gasteiger partial charge < -0.3 is 25.4 Å². The number of halogens is 1. The molecule has 38 heavy (non-hydrogen) atoms. The van der Waals surface area contributed by atoms with Gasteiger partial charge in [0.2, 0.25) is 11.8 Å². The van der Waals surface area contributed by atoms with Gasteiger partial charge in [0.1, 0.15) is 17.7 Å². The Morgan fingerprint density at radius 1 is 1.24 bits per heavy atom. The van der Waals surface area contributed by atoms with Crippen LogP contribution in [-0.2, 0) is 32.1 Å². The summed E-state index contributed by atoms with van der Waals surface area (Å²) in [4.78, 5) is 46.8. The van der Waals surface area contributed by atoms with E-state index in [1.807, 2.05) is 48.5 Å². The van der Waals surface area contributed by atoms with Crippen molar-refractivity contribution in [1.82, 2.24) is 20.1 Å². The molecule has 0 radical (unpaired) electrons. The molecule has 2 aliphatic rings. The van der Waals surface area contributed by atoms with Gasteiger partial charge in [0.05, 0.1) is 18.8 Å². The quantitative estimate of drug-likeness (QED) is 0.492. The van der Waals surface area contributed by atoms with E-state index in [9.17, 15) is 14.4 Å². The molecule has 1 aromatic heterocycles. The van der Waals surface area contributed by atoms with Gasteiger partial charge in [0.15, 0.2) is 0 Å². The third-order valence-corrected chi connectivity index (χ3v) is 7.02. The number of nitrogens with one attached hydrogen (secondary N) is 1. The first kappa shape index (κ1) is 29.3. The molecular formula is C27H36ClN5O5. The number of pyridine rings is 1. The van der Waals surface area contributed by atoms with Crippen molar-refractivity contribution in [3.63, 3.8) is 0 Å². The lowest BCUT2D eigenvalue weighted by Crippen LogP contribution is -2.66. The summed E-state index contributed by atoms with van der Waals surface area (Å²) in [6.07, 6.45) is 1.82. The number of nitrogens with two attached hydrogens (primary N) is 1. The summed E-state index contributed by atoms with van der Waals surface area (Å²) in [6, 6.07) is 14.3. The van der Waals surface area contributed by atoms with E-state index in [2.05, 4.69) is 10.3 Å². The molecule has 2 aliphatic heterocycles. The molecule has 10 nitrogen and oxygen atoms in total. The fourth-order valence-corrected chi connectivity index (χ4v) is 4.83. The number of piperidine rings is 1. The lowest BCUT2D eigenvalue weighted by Gasteiger charge is -2.46. The first-order valence-corrected chi connectivity index (χ1v) is 12.4. The van der Waals surface area contributed by atoms with Crippen molar-refractivity contribution in [3.05, 3.63) is 66.0 Å². The molecule has 11 heteroatoms. The molecule has 2 saturated heterocycles. The zero-order chi connectivity index (χ0) is 26.6. The molecule has 3 amide bonds. The zero-order valence-corrected chi connectivity index (χ0v) is 22.8. The van der Waals surface area contributed by atoms with Crippen LogP contribution in [0, 0.1) is 0 Å². The molecule has 0 bridgehead atoms. The number of aromatic nitrogens is 1. The van der Waals surface area contributed by atoms with Gasteiger partial charge in [-0.15, -0.1) is 12.4 Å². The normalized spacial score (nSPS) is 21.7. The Balaban J connectivity index is 0.00000400. The zero-order valence-electron chi connectivity index (χ0n) is 22.0. The van der Waals surface area contributed by atoms with Gasteiger partial charge in [0.25, 0.3) is 0 Å². The number of hydrogen-bond donors (Lipinski definition) is 2. The van der Waals surface area contributed by atoms with Gasteiger partial charge in [-0.3, -0.25) is 19.5 Å². The average molecular weight is 546 g/mol. The number of amides is 3. The minimum atomic E-state index is -1.17. The maximum Gasteiger partial charge on any atom is 0.410 e. The van der Waals surface area contributed by atoms with Gasteiger partial charge >= 0.3 is 6.09 Å². The summed E-state index contributed by atoms with van der Waals surface area (Å²) >= 11 is 0. The van der Waals surface area contributed by atoms with Crippen LogP contribution in [0.5, 0.6) is 0 Å². The van der Waals surface area contributed by atoms with E-state index < -0.39 is 29.1 Å². The number of fused-ring (bicyclic) bond motifs is 1. The SMILES string of the molecule is CN1C(=O)OC2CCN(C(=O)[C@@H](COCc3ccccc3)NC(=O)C(C)(C)N)CC21Cc1ccccn1.Cl. The van der Waals surface area contributed by atoms with Crippen molar-refractivity contribution in [2.45, 2.75) is 56.5 Å². The molecule has 3 heterocycles. The highest BCUT2D eigenvalue weighted by Gasteiger charge is 2.57. The van der Waals surface area contributed by atoms with Crippen LogP contribution in [0.1, 0.15) is 31.5 Å². The minimum Gasteiger partial charge on any atom is -0.443 e. The highest BCUT2D eigenvalue weighted by Crippen LogP contribution is 2.38. The Kier molecular flexibility index (Phi) is 9.35. The van der Waals surface area contributed by atoms with Crippen LogP contribution in [0.25, 0.3) is 0 Å². The number of carbonyl (C=O) groups excluding carboxylic acids is 3.